The van der Waals surface area contributed by atoms with Gasteiger partial charge in [-0.25, -0.2) is 9.98 Å². The van der Waals surface area contributed by atoms with Crippen LogP contribution in [0.2, 0.25) is 0 Å². The van der Waals surface area contributed by atoms with Crippen molar-refractivity contribution in [2.75, 3.05) is 21.2 Å². The van der Waals surface area contributed by atoms with E-state index >= 15 is 0 Å². The second-order valence-corrected chi connectivity index (χ2v) is 3.92. The molecule has 0 unspecified atom stereocenters. The van der Waals surface area contributed by atoms with Crippen molar-refractivity contribution in [1.29, 1.82) is 0 Å². The molecule has 1 rings (SSSR count). The number of rotatable bonds is 4. The summed E-state index contributed by atoms with van der Waals surface area (Å²) in [6.45, 7) is 0. The van der Waals surface area contributed by atoms with Gasteiger partial charge < -0.3 is 9.64 Å². The van der Waals surface area contributed by atoms with E-state index in [2.05, 4.69) is 14.7 Å². The molecular weight excluding hydrogens is 214 g/mol. The van der Waals surface area contributed by atoms with Gasteiger partial charge in [0, 0.05) is 19.5 Å². The van der Waals surface area contributed by atoms with E-state index in [1.807, 2.05) is 19.0 Å². The molecule has 0 N–H and O–H groups in total. The number of ether oxygens (including phenoxy) is 1. The molecule has 0 aliphatic heterocycles. The van der Waals surface area contributed by atoms with Gasteiger partial charge >= 0.3 is 5.97 Å². The van der Waals surface area contributed by atoms with Gasteiger partial charge in [-0.3, -0.25) is 4.79 Å². The van der Waals surface area contributed by atoms with Crippen LogP contribution in [0.25, 0.3) is 0 Å². The first-order chi connectivity index (χ1) is 7.11. The Labute approximate surface area is 92.4 Å². The minimum atomic E-state index is -0.288. The standard InChI is InChI=1S/C9H13N3O2S/c1-12(2)6-10-9-11-7(5-15-9)4-8(13)14-3/h5-6H,4H2,1-3H3. The summed E-state index contributed by atoms with van der Waals surface area (Å²) in [5.74, 6) is -0.288. The highest BCUT2D eigenvalue weighted by molar-refractivity contribution is 7.13. The fourth-order valence-corrected chi connectivity index (χ4v) is 1.48. The summed E-state index contributed by atoms with van der Waals surface area (Å²) in [6.07, 6.45) is 1.87. The van der Waals surface area contributed by atoms with Crippen LogP contribution in [0.15, 0.2) is 10.4 Å². The summed E-state index contributed by atoms with van der Waals surface area (Å²) in [7, 11) is 5.12. The lowest BCUT2D eigenvalue weighted by molar-refractivity contribution is -0.139. The van der Waals surface area contributed by atoms with Crippen LogP contribution in [0.1, 0.15) is 5.69 Å². The van der Waals surface area contributed by atoms with Crippen molar-refractivity contribution in [1.82, 2.24) is 9.88 Å². The third kappa shape index (κ3) is 4.07. The molecule has 0 saturated carbocycles. The number of methoxy groups -OCH3 is 1. The molecule has 82 valence electrons. The Bertz CT molecular complexity index is 360. The molecule has 0 spiro atoms. The Balaban J connectivity index is 2.60. The zero-order chi connectivity index (χ0) is 11.3. The van der Waals surface area contributed by atoms with Gasteiger partial charge in [0.1, 0.15) is 0 Å². The molecule has 0 saturated heterocycles. The highest BCUT2D eigenvalue weighted by Gasteiger charge is 2.06. The fraction of sp³-hybridized carbons (Fsp3) is 0.444. The number of hydrogen-bond acceptors (Lipinski definition) is 5. The number of thiazole rings is 1. The van der Waals surface area contributed by atoms with Crippen molar-refractivity contribution in [2.24, 2.45) is 4.99 Å². The molecule has 1 aromatic heterocycles. The van der Waals surface area contributed by atoms with Crippen LogP contribution >= 0.6 is 11.3 Å². The molecule has 15 heavy (non-hydrogen) atoms. The number of carbonyl (C=O) groups excluding carboxylic acids is 1. The molecule has 5 nitrogen and oxygen atoms in total. The van der Waals surface area contributed by atoms with Gasteiger partial charge in [-0.2, -0.15) is 0 Å². The molecule has 1 aromatic rings. The third-order valence-corrected chi connectivity index (χ3v) is 2.29. The molecule has 0 aromatic carbocycles. The van der Waals surface area contributed by atoms with Crippen molar-refractivity contribution < 1.29 is 9.53 Å². The average Bonchev–Trinajstić information content (AvgIpc) is 2.62. The Morgan fingerprint density at radius 2 is 2.47 bits per heavy atom. The molecule has 0 atom stereocenters. The minimum absolute atomic E-state index is 0.199. The molecule has 6 heteroatoms. The van der Waals surface area contributed by atoms with Gasteiger partial charge in [0.05, 0.1) is 25.6 Å². The van der Waals surface area contributed by atoms with Crippen LogP contribution in [-0.2, 0) is 16.0 Å². The lowest BCUT2D eigenvalue weighted by Crippen LogP contribution is -2.07. The van der Waals surface area contributed by atoms with Crippen LogP contribution in [0.5, 0.6) is 0 Å². The molecule has 1 heterocycles. The zero-order valence-corrected chi connectivity index (χ0v) is 9.74. The number of nitrogens with zero attached hydrogens (tertiary/aromatic N) is 3. The lowest BCUT2D eigenvalue weighted by atomic mass is 10.3. The second-order valence-electron chi connectivity index (χ2n) is 3.08. The predicted octanol–water partition coefficient (Wildman–Crippen LogP) is 1.08. The predicted molar refractivity (Wildman–Crippen MR) is 59.7 cm³/mol. The van der Waals surface area contributed by atoms with E-state index in [0.29, 0.717) is 10.8 Å². The Morgan fingerprint density at radius 1 is 1.73 bits per heavy atom. The van der Waals surface area contributed by atoms with E-state index < -0.39 is 0 Å². The topological polar surface area (TPSA) is 54.8 Å². The average molecular weight is 227 g/mol. The Kier molecular flexibility index (Phi) is 4.23. The molecule has 0 aliphatic rings. The molecular formula is C9H13N3O2S. The Morgan fingerprint density at radius 3 is 3.07 bits per heavy atom. The first-order valence-electron chi connectivity index (χ1n) is 4.33. The van der Waals surface area contributed by atoms with Crippen molar-refractivity contribution in [3.8, 4) is 0 Å². The fourth-order valence-electron chi connectivity index (χ4n) is 0.822. The monoisotopic (exact) mass is 227 g/mol. The van der Waals surface area contributed by atoms with Crippen molar-refractivity contribution in [3.05, 3.63) is 11.1 Å². The van der Waals surface area contributed by atoms with Crippen LogP contribution in [0, 0.1) is 0 Å². The highest BCUT2D eigenvalue weighted by atomic mass is 32.1. The summed E-state index contributed by atoms with van der Waals surface area (Å²) in [5.41, 5.74) is 0.692. The summed E-state index contributed by atoms with van der Waals surface area (Å²) in [5, 5.41) is 2.45. The SMILES string of the molecule is COC(=O)Cc1csc(N=CN(C)C)n1. The lowest BCUT2D eigenvalue weighted by Gasteiger charge is -1.99. The molecule has 0 aliphatic carbocycles. The van der Waals surface area contributed by atoms with Gasteiger partial charge in [0.25, 0.3) is 0 Å². The van der Waals surface area contributed by atoms with Gasteiger partial charge in [-0.05, 0) is 0 Å². The first-order valence-corrected chi connectivity index (χ1v) is 5.21. The quantitative estimate of drug-likeness (QED) is 0.439. The number of esters is 1. The largest absolute Gasteiger partial charge is 0.469 e. The molecule has 0 bridgehead atoms. The summed E-state index contributed by atoms with van der Waals surface area (Å²) in [6, 6.07) is 0. The molecule has 0 amide bonds. The number of carbonyl (C=O) groups is 1. The van der Waals surface area contributed by atoms with E-state index in [1.54, 1.807) is 11.7 Å². The summed E-state index contributed by atoms with van der Waals surface area (Å²) in [4.78, 5) is 21.1. The van der Waals surface area contributed by atoms with E-state index in [1.165, 1.54) is 18.4 Å². The molecule has 0 radical (unpaired) electrons. The number of aliphatic imine (C=N–C) groups is 1. The molecule has 0 fully saturated rings. The smallest absolute Gasteiger partial charge is 0.311 e. The van der Waals surface area contributed by atoms with Crippen LogP contribution in [-0.4, -0.2) is 43.4 Å². The zero-order valence-electron chi connectivity index (χ0n) is 8.93. The van der Waals surface area contributed by atoms with Crippen LogP contribution < -0.4 is 0 Å². The highest BCUT2D eigenvalue weighted by Crippen LogP contribution is 2.18. The van der Waals surface area contributed by atoms with Crippen LogP contribution in [0.4, 0.5) is 5.13 Å². The van der Waals surface area contributed by atoms with Crippen molar-refractivity contribution in [3.63, 3.8) is 0 Å². The number of hydrogen-bond donors (Lipinski definition) is 0. The second kappa shape index (κ2) is 5.45. The van der Waals surface area contributed by atoms with Gasteiger partial charge in [-0.1, -0.05) is 0 Å². The first kappa shape index (κ1) is 11.6. The Hall–Kier alpha value is -1.43. The maximum absolute atomic E-state index is 11.0. The van der Waals surface area contributed by atoms with Gasteiger partial charge in [0.2, 0.25) is 5.13 Å². The third-order valence-electron chi connectivity index (χ3n) is 1.49. The van der Waals surface area contributed by atoms with Crippen molar-refractivity contribution >= 4 is 28.8 Å². The maximum Gasteiger partial charge on any atom is 0.311 e. The van der Waals surface area contributed by atoms with Gasteiger partial charge in [-0.15, -0.1) is 11.3 Å². The summed E-state index contributed by atoms with van der Waals surface area (Å²) >= 11 is 1.40. The normalized spacial score (nSPS) is 10.6. The van der Waals surface area contributed by atoms with E-state index in [9.17, 15) is 4.79 Å². The van der Waals surface area contributed by atoms with E-state index in [4.69, 9.17) is 0 Å². The van der Waals surface area contributed by atoms with E-state index in [0.717, 1.165) is 0 Å². The number of aromatic nitrogens is 1. The van der Waals surface area contributed by atoms with Crippen LogP contribution in [0.3, 0.4) is 0 Å². The van der Waals surface area contributed by atoms with Crippen molar-refractivity contribution in [2.45, 2.75) is 6.42 Å². The maximum atomic E-state index is 11.0. The van der Waals surface area contributed by atoms with E-state index in [-0.39, 0.29) is 12.4 Å². The van der Waals surface area contributed by atoms with Gasteiger partial charge in [0.15, 0.2) is 0 Å². The minimum Gasteiger partial charge on any atom is -0.469 e. The summed E-state index contributed by atoms with van der Waals surface area (Å²) < 4.78 is 4.54.